The third-order valence-electron chi connectivity index (χ3n) is 4.87. The summed E-state index contributed by atoms with van der Waals surface area (Å²) in [6, 6.07) is 0. The molecular formula is C15H24O. The van der Waals surface area contributed by atoms with Crippen molar-refractivity contribution in [3.63, 3.8) is 0 Å². The van der Waals surface area contributed by atoms with Gasteiger partial charge in [0.2, 0.25) is 0 Å². The molecule has 0 spiro atoms. The molecule has 4 atom stereocenters. The fraction of sp³-hybridized carbons (Fsp3) is 0.733. The van der Waals surface area contributed by atoms with Gasteiger partial charge in [0, 0.05) is 11.3 Å². The third-order valence-corrected chi connectivity index (χ3v) is 4.87. The normalized spacial score (nSPS) is 43.5. The summed E-state index contributed by atoms with van der Waals surface area (Å²) in [5, 5.41) is 10.6. The lowest BCUT2D eigenvalue weighted by Gasteiger charge is -2.50. The smallest absolute Gasteiger partial charge is 0.0664 e. The van der Waals surface area contributed by atoms with Crippen LogP contribution in [0.1, 0.15) is 46.5 Å². The molecule has 1 saturated carbocycles. The third kappa shape index (κ3) is 1.75. The fourth-order valence-electron chi connectivity index (χ4n) is 3.54. The van der Waals surface area contributed by atoms with Crippen LogP contribution < -0.4 is 0 Å². The molecule has 16 heavy (non-hydrogen) atoms. The highest BCUT2D eigenvalue weighted by Gasteiger charge is 2.47. The highest BCUT2D eigenvalue weighted by molar-refractivity contribution is 5.17. The van der Waals surface area contributed by atoms with Crippen LogP contribution in [0.15, 0.2) is 23.8 Å². The zero-order valence-electron chi connectivity index (χ0n) is 10.8. The van der Waals surface area contributed by atoms with Crippen LogP contribution in [0.25, 0.3) is 0 Å². The van der Waals surface area contributed by atoms with Gasteiger partial charge in [0.25, 0.3) is 0 Å². The molecule has 2 unspecified atom stereocenters. The van der Waals surface area contributed by atoms with Crippen LogP contribution in [0, 0.1) is 17.3 Å². The highest BCUT2D eigenvalue weighted by atomic mass is 16.3. The Balaban J connectivity index is 2.27. The summed E-state index contributed by atoms with van der Waals surface area (Å²) in [6.07, 6.45) is 6.79. The van der Waals surface area contributed by atoms with Gasteiger partial charge in [-0.1, -0.05) is 30.7 Å². The average molecular weight is 220 g/mol. The molecule has 0 heterocycles. The predicted octanol–water partition coefficient (Wildman–Crippen LogP) is 3.70. The zero-order chi connectivity index (χ0) is 11.9. The van der Waals surface area contributed by atoms with Gasteiger partial charge in [0.15, 0.2) is 0 Å². The Labute approximate surface area is 99.3 Å². The van der Waals surface area contributed by atoms with Gasteiger partial charge in [0.1, 0.15) is 0 Å². The van der Waals surface area contributed by atoms with E-state index in [-0.39, 0.29) is 11.5 Å². The van der Waals surface area contributed by atoms with Crippen molar-refractivity contribution in [2.24, 2.45) is 17.3 Å². The molecule has 0 aromatic rings. The van der Waals surface area contributed by atoms with E-state index < -0.39 is 0 Å². The number of aliphatic hydroxyl groups excluding tert-OH is 1. The molecule has 0 saturated heterocycles. The minimum absolute atomic E-state index is 0.0847. The second-order valence-corrected chi connectivity index (χ2v) is 6.10. The molecule has 90 valence electrons. The van der Waals surface area contributed by atoms with Crippen LogP contribution in [-0.4, -0.2) is 11.2 Å². The van der Waals surface area contributed by atoms with Crippen LogP contribution in [0.3, 0.4) is 0 Å². The van der Waals surface area contributed by atoms with E-state index in [1.807, 2.05) is 0 Å². The van der Waals surface area contributed by atoms with Crippen molar-refractivity contribution in [2.45, 2.75) is 52.6 Å². The summed E-state index contributed by atoms with van der Waals surface area (Å²) in [4.78, 5) is 0. The number of allylic oxidation sites excluding steroid dienone is 2. The van der Waals surface area contributed by atoms with Crippen molar-refractivity contribution in [1.29, 1.82) is 0 Å². The minimum Gasteiger partial charge on any atom is -0.392 e. The first-order valence-corrected chi connectivity index (χ1v) is 6.46. The molecule has 2 aliphatic rings. The van der Waals surface area contributed by atoms with E-state index in [0.717, 1.165) is 24.8 Å². The predicted molar refractivity (Wildman–Crippen MR) is 68.1 cm³/mol. The van der Waals surface area contributed by atoms with E-state index in [9.17, 15) is 5.11 Å². The summed E-state index contributed by atoms with van der Waals surface area (Å²) >= 11 is 0. The molecule has 1 fully saturated rings. The van der Waals surface area contributed by atoms with Gasteiger partial charge in [-0.05, 0) is 45.4 Å². The maximum atomic E-state index is 10.6. The quantitative estimate of drug-likeness (QED) is 0.668. The van der Waals surface area contributed by atoms with E-state index in [0.29, 0.717) is 11.8 Å². The maximum absolute atomic E-state index is 10.6. The Morgan fingerprint density at radius 2 is 2.19 bits per heavy atom. The molecule has 2 aliphatic carbocycles. The molecule has 2 rings (SSSR count). The second kappa shape index (κ2) is 4.03. The van der Waals surface area contributed by atoms with E-state index in [1.165, 1.54) is 12.0 Å². The van der Waals surface area contributed by atoms with Gasteiger partial charge >= 0.3 is 0 Å². The van der Waals surface area contributed by atoms with Crippen molar-refractivity contribution in [3.8, 4) is 0 Å². The monoisotopic (exact) mass is 220 g/mol. The van der Waals surface area contributed by atoms with E-state index in [4.69, 9.17) is 0 Å². The zero-order valence-corrected chi connectivity index (χ0v) is 10.8. The Kier molecular flexibility index (Phi) is 3.00. The Morgan fingerprint density at radius 1 is 1.50 bits per heavy atom. The Morgan fingerprint density at radius 3 is 2.81 bits per heavy atom. The molecule has 1 N–H and O–H groups in total. The topological polar surface area (TPSA) is 20.2 Å². The standard InChI is InChI=1S/C15H24O/c1-10(2)13-6-5-12-9-11(3)7-8-15(12,4)14(13)16/h9,12-14,16H,1,5-8H2,2-4H3/t12-,13?,14?,15+/m0/s1. The Hall–Kier alpha value is -0.560. The van der Waals surface area contributed by atoms with Gasteiger partial charge in [-0.15, -0.1) is 0 Å². The number of fused-ring (bicyclic) bond motifs is 1. The highest BCUT2D eigenvalue weighted by Crippen LogP contribution is 2.51. The summed E-state index contributed by atoms with van der Waals surface area (Å²) in [5.41, 5.74) is 2.74. The number of aliphatic hydroxyl groups is 1. The summed E-state index contributed by atoms with van der Waals surface area (Å²) < 4.78 is 0. The van der Waals surface area contributed by atoms with Gasteiger partial charge in [0.05, 0.1) is 6.10 Å². The SMILES string of the molecule is C=C(C)C1CC[C@H]2C=C(C)CC[C@@]2(C)C1O. The van der Waals surface area contributed by atoms with E-state index in [1.54, 1.807) is 0 Å². The van der Waals surface area contributed by atoms with E-state index >= 15 is 0 Å². The molecule has 1 heteroatoms. The van der Waals surface area contributed by atoms with Crippen LogP contribution >= 0.6 is 0 Å². The Bertz CT molecular complexity index is 328. The molecule has 0 amide bonds. The molecule has 0 aliphatic heterocycles. The molecule has 0 bridgehead atoms. The lowest BCUT2D eigenvalue weighted by Crippen LogP contribution is -2.48. The first kappa shape index (κ1) is 11.9. The summed E-state index contributed by atoms with van der Waals surface area (Å²) in [5.74, 6) is 0.889. The molecular weight excluding hydrogens is 196 g/mol. The number of rotatable bonds is 1. The second-order valence-electron chi connectivity index (χ2n) is 6.10. The number of hydrogen-bond donors (Lipinski definition) is 1. The van der Waals surface area contributed by atoms with Crippen LogP contribution in [0.5, 0.6) is 0 Å². The first-order chi connectivity index (χ1) is 7.45. The molecule has 0 aromatic heterocycles. The first-order valence-electron chi connectivity index (χ1n) is 6.46. The van der Waals surface area contributed by atoms with Crippen molar-refractivity contribution >= 4 is 0 Å². The van der Waals surface area contributed by atoms with Crippen molar-refractivity contribution in [2.75, 3.05) is 0 Å². The summed E-state index contributed by atoms with van der Waals surface area (Å²) in [6.45, 7) is 10.6. The van der Waals surface area contributed by atoms with Crippen molar-refractivity contribution < 1.29 is 5.11 Å². The van der Waals surface area contributed by atoms with Gasteiger partial charge < -0.3 is 5.11 Å². The molecule has 0 aromatic carbocycles. The largest absolute Gasteiger partial charge is 0.392 e. The summed E-state index contributed by atoms with van der Waals surface area (Å²) in [7, 11) is 0. The van der Waals surface area contributed by atoms with Gasteiger partial charge in [-0.3, -0.25) is 0 Å². The van der Waals surface area contributed by atoms with Crippen molar-refractivity contribution in [1.82, 2.24) is 0 Å². The maximum Gasteiger partial charge on any atom is 0.0664 e. The average Bonchev–Trinajstić information content (AvgIpc) is 2.21. The van der Waals surface area contributed by atoms with Crippen LogP contribution in [0.2, 0.25) is 0 Å². The number of hydrogen-bond acceptors (Lipinski definition) is 1. The minimum atomic E-state index is -0.201. The van der Waals surface area contributed by atoms with Crippen LogP contribution in [-0.2, 0) is 0 Å². The molecule has 0 radical (unpaired) electrons. The van der Waals surface area contributed by atoms with Gasteiger partial charge in [-0.25, -0.2) is 0 Å². The van der Waals surface area contributed by atoms with Crippen molar-refractivity contribution in [3.05, 3.63) is 23.8 Å². The lowest BCUT2D eigenvalue weighted by molar-refractivity contribution is -0.0640. The van der Waals surface area contributed by atoms with Crippen LogP contribution in [0.4, 0.5) is 0 Å². The molecule has 1 nitrogen and oxygen atoms in total. The van der Waals surface area contributed by atoms with E-state index in [2.05, 4.69) is 33.4 Å². The fourth-order valence-corrected chi connectivity index (χ4v) is 3.54. The lowest BCUT2D eigenvalue weighted by atomic mass is 9.56. The van der Waals surface area contributed by atoms with Gasteiger partial charge in [-0.2, -0.15) is 0 Å².